The smallest absolute Gasteiger partial charge is 0.286 e. The van der Waals surface area contributed by atoms with Crippen LogP contribution in [0.5, 0.6) is 0 Å². The molecule has 0 unspecified atom stereocenters. The number of benzene rings is 1. The average molecular weight is 354 g/mol. The number of nitrogens with zero attached hydrogens (tertiary/aromatic N) is 4. The van der Waals surface area contributed by atoms with Crippen LogP contribution >= 0.6 is 34.5 Å². The number of anilines is 1. The molecule has 0 aliphatic heterocycles. The molecule has 1 aliphatic carbocycles. The summed E-state index contributed by atoms with van der Waals surface area (Å²) < 4.78 is 1.65. The van der Waals surface area contributed by atoms with Crippen LogP contribution in [0.2, 0.25) is 10.0 Å². The highest BCUT2D eigenvalue weighted by atomic mass is 35.5. The zero-order valence-electron chi connectivity index (χ0n) is 11.1. The van der Waals surface area contributed by atoms with Crippen LogP contribution in [-0.4, -0.2) is 25.7 Å². The predicted molar refractivity (Wildman–Crippen MR) is 85.0 cm³/mol. The zero-order chi connectivity index (χ0) is 15.3. The van der Waals surface area contributed by atoms with Crippen LogP contribution in [0.3, 0.4) is 0 Å². The lowest BCUT2D eigenvalue weighted by Crippen LogP contribution is -2.12. The standard InChI is InChI=1S/C13H9Cl2N5OS/c14-7-3-8(15)5-9(4-7)16-11(21)12-19-20-10(6-1-2-6)17-18-13(20)22-12/h3-6H,1-2H2,(H,16,21). The molecule has 6 nitrogen and oxygen atoms in total. The van der Waals surface area contributed by atoms with Crippen molar-refractivity contribution in [1.82, 2.24) is 19.8 Å². The van der Waals surface area contributed by atoms with Gasteiger partial charge in [0.2, 0.25) is 9.97 Å². The molecule has 2 aromatic heterocycles. The second-order valence-electron chi connectivity index (χ2n) is 5.05. The number of aromatic nitrogens is 4. The molecule has 1 aliphatic rings. The van der Waals surface area contributed by atoms with E-state index in [4.69, 9.17) is 23.2 Å². The second kappa shape index (κ2) is 5.19. The van der Waals surface area contributed by atoms with E-state index in [0.29, 0.717) is 31.6 Å². The summed E-state index contributed by atoms with van der Waals surface area (Å²) in [4.78, 5) is 12.9. The van der Waals surface area contributed by atoms with Gasteiger partial charge in [-0.25, -0.2) is 0 Å². The number of rotatable bonds is 3. The first-order valence-electron chi connectivity index (χ1n) is 6.60. The first-order chi connectivity index (χ1) is 10.6. The topological polar surface area (TPSA) is 72.2 Å². The summed E-state index contributed by atoms with van der Waals surface area (Å²) in [5, 5.41) is 16.5. The zero-order valence-corrected chi connectivity index (χ0v) is 13.4. The third-order valence-electron chi connectivity index (χ3n) is 3.27. The fourth-order valence-corrected chi connectivity index (χ4v) is 3.40. The Kier molecular flexibility index (Phi) is 3.28. The molecule has 0 saturated heterocycles. The molecule has 4 rings (SSSR count). The molecule has 1 N–H and O–H groups in total. The van der Waals surface area contributed by atoms with Crippen molar-refractivity contribution in [2.24, 2.45) is 0 Å². The molecular weight excluding hydrogens is 345 g/mol. The molecule has 0 atom stereocenters. The molecule has 2 heterocycles. The van der Waals surface area contributed by atoms with E-state index in [0.717, 1.165) is 18.7 Å². The molecule has 22 heavy (non-hydrogen) atoms. The summed E-state index contributed by atoms with van der Waals surface area (Å²) >= 11 is 13.0. The van der Waals surface area contributed by atoms with Crippen molar-refractivity contribution in [1.29, 1.82) is 0 Å². The number of hydrogen-bond donors (Lipinski definition) is 1. The van der Waals surface area contributed by atoms with Crippen molar-refractivity contribution in [2.75, 3.05) is 5.32 Å². The summed E-state index contributed by atoms with van der Waals surface area (Å²) in [7, 11) is 0. The van der Waals surface area contributed by atoms with E-state index in [1.807, 2.05) is 0 Å². The number of hydrogen-bond acceptors (Lipinski definition) is 5. The number of halogens is 2. The summed E-state index contributed by atoms with van der Waals surface area (Å²) in [6, 6.07) is 4.85. The van der Waals surface area contributed by atoms with Crippen molar-refractivity contribution in [2.45, 2.75) is 18.8 Å². The molecule has 1 fully saturated rings. The molecule has 0 radical (unpaired) electrons. The monoisotopic (exact) mass is 353 g/mol. The normalized spacial score (nSPS) is 14.5. The number of carbonyl (C=O) groups is 1. The summed E-state index contributed by atoms with van der Waals surface area (Å²) in [5.41, 5.74) is 0.524. The van der Waals surface area contributed by atoms with Gasteiger partial charge in [-0.2, -0.15) is 4.52 Å². The first-order valence-corrected chi connectivity index (χ1v) is 8.17. The lowest BCUT2D eigenvalue weighted by atomic mass is 10.3. The van der Waals surface area contributed by atoms with Crippen LogP contribution in [0.1, 0.15) is 34.4 Å². The second-order valence-corrected chi connectivity index (χ2v) is 6.88. The van der Waals surface area contributed by atoms with Gasteiger partial charge in [-0.3, -0.25) is 4.79 Å². The lowest BCUT2D eigenvalue weighted by Gasteiger charge is -2.03. The van der Waals surface area contributed by atoms with E-state index in [2.05, 4.69) is 20.6 Å². The molecule has 0 spiro atoms. The average Bonchev–Trinajstić information content (AvgIpc) is 3.06. The fourth-order valence-electron chi connectivity index (χ4n) is 2.13. The van der Waals surface area contributed by atoms with Gasteiger partial charge in [0.1, 0.15) is 0 Å². The van der Waals surface area contributed by atoms with E-state index < -0.39 is 0 Å². The third-order valence-corrected chi connectivity index (χ3v) is 4.61. The van der Waals surface area contributed by atoms with Gasteiger partial charge in [-0.05, 0) is 31.0 Å². The molecule has 1 saturated carbocycles. The maximum atomic E-state index is 12.3. The van der Waals surface area contributed by atoms with Crippen LogP contribution in [-0.2, 0) is 0 Å². The van der Waals surface area contributed by atoms with Crippen LogP contribution in [0.25, 0.3) is 4.96 Å². The highest BCUT2D eigenvalue weighted by Gasteiger charge is 2.30. The number of amides is 1. The van der Waals surface area contributed by atoms with Crippen LogP contribution < -0.4 is 5.32 Å². The Labute approximate surface area is 139 Å². The highest BCUT2D eigenvalue weighted by molar-refractivity contribution is 7.18. The van der Waals surface area contributed by atoms with Gasteiger partial charge in [-0.1, -0.05) is 34.5 Å². The maximum Gasteiger partial charge on any atom is 0.286 e. The van der Waals surface area contributed by atoms with E-state index in [9.17, 15) is 4.79 Å². The quantitative estimate of drug-likeness (QED) is 0.780. The number of carbonyl (C=O) groups excluding carboxylic acids is 1. The predicted octanol–water partition coefficient (Wildman–Crippen LogP) is 3.62. The largest absolute Gasteiger partial charge is 0.320 e. The van der Waals surface area contributed by atoms with Crippen molar-refractivity contribution >= 4 is 51.1 Å². The fraction of sp³-hybridized carbons (Fsp3) is 0.231. The summed E-state index contributed by atoms with van der Waals surface area (Å²) in [6.07, 6.45) is 2.20. The van der Waals surface area contributed by atoms with Gasteiger partial charge in [-0.15, -0.1) is 15.3 Å². The summed E-state index contributed by atoms with van der Waals surface area (Å²) in [6.45, 7) is 0. The Morgan fingerprint density at radius 1 is 1.23 bits per heavy atom. The molecule has 112 valence electrons. The van der Waals surface area contributed by atoms with Crippen LogP contribution in [0.15, 0.2) is 18.2 Å². The highest BCUT2D eigenvalue weighted by Crippen LogP contribution is 2.39. The van der Waals surface area contributed by atoms with Crippen molar-refractivity contribution in [3.05, 3.63) is 39.1 Å². The molecular formula is C13H9Cl2N5OS. The van der Waals surface area contributed by atoms with Gasteiger partial charge >= 0.3 is 0 Å². The minimum absolute atomic E-state index is 0.322. The van der Waals surface area contributed by atoms with Crippen molar-refractivity contribution < 1.29 is 4.79 Å². The van der Waals surface area contributed by atoms with E-state index >= 15 is 0 Å². The first kappa shape index (κ1) is 13.9. The molecule has 9 heteroatoms. The minimum atomic E-state index is -0.324. The van der Waals surface area contributed by atoms with Crippen LogP contribution in [0.4, 0.5) is 5.69 Å². The Hall–Kier alpha value is -1.70. The third kappa shape index (κ3) is 2.55. The van der Waals surface area contributed by atoms with Gasteiger partial charge in [0.25, 0.3) is 5.91 Å². The van der Waals surface area contributed by atoms with Gasteiger partial charge in [0.15, 0.2) is 5.82 Å². The minimum Gasteiger partial charge on any atom is -0.320 e. The Morgan fingerprint density at radius 3 is 2.64 bits per heavy atom. The van der Waals surface area contributed by atoms with E-state index in [1.54, 1.807) is 22.7 Å². The van der Waals surface area contributed by atoms with Gasteiger partial charge < -0.3 is 5.32 Å². The maximum absolute atomic E-state index is 12.3. The molecule has 1 amide bonds. The molecule has 3 aromatic rings. The van der Waals surface area contributed by atoms with E-state index in [1.165, 1.54) is 11.3 Å². The molecule has 0 bridgehead atoms. The summed E-state index contributed by atoms with van der Waals surface area (Å²) in [5.74, 6) is 0.923. The Balaban J connectivity index is 1.62. The van der Waals surface area contributed by atoms with Gasteiger partial charge in [0, 0.05) is 21.7 Å². The Morgan fingerprint density at radius 2 is 1.95 bits per heavy atom. The number of fused-ring (bicyclic) bond motifs is 1. The number of nitrogens with one attached hydrogen (secondary N) is 1. The lowest BCUT2D eigenvalue weighted by molar-refractivity contribution is 0.102. The SMILES string of the molecule is O=C(Nc1cc(Cl)cc(Cl)c1)c1nn2c(C3CC3)nnc2s1. The molecule has 1 aromatic carbocycles. The van der Waals surface area contributed by atoms with E-state index in [-0.39, 0.29) is 5.91 Å². The Bertz CT molecular complexity index is 866. The van der Waals surface area contributed by atoms with Crippen molar-refractivity contribution in [3.63, 3.8) is 0 Å². The van der Waals surface area contributed by atoms with Gasteiger partial charge in [0.05, 0.1) is 0 Å². The van der Waals surface area contributed by atoms with Crippen LogP contribution in [0, 0.1) is 0 Å². The van der Waals surface area contributed by atoms with Crippen molar-refractivity contribution in [3.8, 4) is 0 Å².